The first-order valence-corrected chi connectivity index (χ1v) is 11.2. The van der Waals surface area contributed by atoms with E-state index in [1.54, 1.807) is 6.92 Å². The van der Waals surface area contributed by atoms with E-state index in [9.17, 15) is 9.59 Å². The van der Waals surface area contributed by atoms with Crippen LogP contribution in [-0.2, 0) is 4.79 Å². The lowest BCUT2D eigenvalue weighted by Crippen LogP contribution is -2.31. The Hall–Kier alpha value is -3.25. The summed E-state index contributed by atoms with van der Waals surface area (Å²) in [5.74, 6) is 0.190. The maximum Gasteiger partial charge on any atom is 0.263 e. The number of carbonyl (C=O) groups excluding carboxylic acids is 1. The molecule has 4 aromatic rings. The molecule has 0 aliphatic carbocycles. The molecule has 1 unspecified atom stereocenters. The van der Waals surface area contributed by atoms with Gasteiger partial charge in [-0.15, -0.1) is 11.3 Å². The number of benzene rings is 2. The molecule has 0 fully saturated rings. The van der Waals surface area contributed by atoms with E-state index in [1.165, 1.54) is 27.8 Å². The third-order valence-electron chi connectivity index (χ3n) is 5.61. The highest BCUT2D eigenvalue weighted by atomic mass is 32.1. The third-order valence-corrected chi connectivity index (χ3v) is 6.49. The Morgan fingerprint density at radius 3 is 2.45 bits per heavy atom. The topological polar surface area (TPSA) is 64.0 Å². The Balaban J connectivity index is 1.70. The van der Waals surface area contributed by atoms with E-state index in [4.69, 9.17) is 0 Å². The normalized spacial score (nSPS) is 12.3. The summed E-state index contributed by atoms with van der Waals surface area (Å²) >= 11 is 1.44. The smallest absolute Gasteiger partial charge is 0.263 e. The number of hydrogen-bond acceptors (Lipinski definition) is 4. The molecular weight excluding hydrogens is 406 g/mol. The molecule has 6 heteroatoms. The second kappa shape index (κ2) is 8.47. The highest BCUT2D eigenvalue weighted by Gasteiger charge is 2.21. The van der Waals surface area contributed by atoms with Crippen LogP contribution in [0.15, 0.2) is 65.0 Å². The fourth-order valence-electron chi connectivity index (χ4n) is 3.56. The Morgan fingerprint density at radius 1 is 1.06 bits per heavy atom. The van der Waals surface area contributed by atoms with Gasteiger partial charge in [0.05, 0.1) is 11.7 Å². The summed E-state index contributed by atoms with van der Waals surface area (Å²) in [6.45, 7) is 7.95. The van der Waals surface area contributed by atoms with E-state index in [1.807, 2.05) is 48.7 Å². The Morgan fingerprint density at radius 2 is 1.77 bits per heavy atom. The second-order valence-corrected chi connectivity index (χ2v) is 8.90. The molecule has 0 aliphatic heterocycles. The molecule has 0 radical (unpaired) electrons. The fourth-order valence-corrected chi connectivity index (χ4v) is 4.46. The molecule has 4 rings (SSSR count). The van der Waals surface area contributed by atoms with Crippen LogP contribution in [0.1, 0.15) is 43.9 Å². The molecule has 1 N–H and O–H groups in total. The predicted octanol–water partition coefficient (Wildman–Crippen LogP) is 5.76. The van der Waals surface area contributed by atoms with Crippen molar-refractivity contribution in [2.24, 2.45) is 0 Å². The number of nitrogens with zero attached hydrogens (tertiary/aromatic N) is 2. The van der Waals surface area contributed by atoms with Crippen LogP contribution >= 0.6 is 11.3 Å². The summed E-state index contributed by atoms with van der Waals surface area (Å²) in [6.07, 6.45) is 1.47. The summed E-state index contributed by atoms with van der Waals surface area (Å²) in [7, 11) is 0. The average Bonchev–Trinajstić information content (AvgIpc) is 3.20. The van der Waals surface area contributed by atoms with Crippen LogP contribution in [0.4, 0.5) is 5.69 Å². The maximum absolute atomic E-state index is 13.4. The summed E-state index contributed by atoms with van der Waals surface area (Å²) in [5, 5.41) is 5.44. The number of hydrogen-bond donors (Lipinski definition) is 1. The zero-order chi connectivity index (χ0) is 22.1. The van der Waals surface area contributed by atoms with Crippen LogP contribution in [-0.4, -0.2) is 15.5 Å². The van der Waals surface area contributed by atoms with Crippen LogP contribution < -0.4 is 10.9 Å². The number of nitrogens with one attached hydrogen (secondary N) is 1. The van der Waals surface area contributed by atoms with Gasteiger partial charge >= 0.3 is 0 Å². The molecule has 2 aromatic heterocycles. The molecule has 158 valence electrons. The van der Waals surface area contributed by atoms with Gasteiger partial charge in [-0.05, 0) is 42.5 Å². The Bertz CT molecular complexity index is 1300. The largest absolute Gasteiger partial charge is 0.324 e. The predicted molar refractivity (Wildman–Crippen MR) is 128 cm³/mol. The summed E-state index contributed by atoms with van der Waals surface area (Å²) in [5.41, 5.74) is 4.58. The van der Waals surface area contributed by atoms with Crippen LogP contribution in [0, 0.1) is 6.92 Å². The second-order valence-electron chi connectivity index (χ2n) is 8.04. The summed E-state index contributed by atoms with van der Waals surface area (Å²) < 4.78 is 1.41. The van der Waals surface area contributed by atoms with E-state index in [0.29, 0.717) is 16.1 Å². The minimum Gasteiger partial charge on any atom is -0.324 e. The number of amides is 1. The molecule has 31 heavy (non-hydrogen) atoms. The van der Waals surface area contributed by atoms with Crippen molar-refractivity contribution in [2.75, 3.05) is 5.32 Å². The molecule has 5 nitrogen and oxygen atoms in total. The summed E-state index contributed by atoms with van der Waals surface area (Å²) in [6, 6.07) is 15.2. The molecule has 0 spiro atoms. The minimum atomic E-state index is -0.694. The van der Waals surface area contributed by atoms with Gasteiger partial charge in [-0.1, -0.05) is 56.3 Å². The molecule has 0 saturated heterocycles. The van der Waals surface area contributed by atoms with E-state index in [2.05, 4.69) is 36.3 Å². The van der Waals surface area contributed by atoms with Gasteiger partial charge in [0.1, 0.15) is 10.9 Å². The Kier molecular flexibility index (Phi) is 5.74. The lowest BCUT2D eigenvalue weighted by molar-refractivity contribution is -0.118. The van der Waals surface area contributed by atoms with E-state index >= 15 is 0 Å². The van der Waals surface area contributed by atoms with Gasteiger partial charge in [-0.3, -0.25) is 14.2 Å². The van der Waals surface area contributed by atoms with Gasteiger partial charge in [0, 0.05) is 16.6 Å². The van der Waals surface area contributed by atoms with E-state index in [0.717, 1.165) is 22.4 Å². The number of thiophene rings is 1. The zero-order valence-corrected chi connectivity index (χ0v) is 18.9. The molecule has 1 atom stereocenters. The van der Waals surface area contributed by atoms with Gasteiger partial charge in [0.15, 0.2) is 0 Å². The maximum atomic E-state index is 13.4. The lowest BCUT2D eigenvalue weighted by atomic mass is 9.99. The average molecular weight is 432 g/mol. The van der Waals surface area contributed by atoms with Crippen molar-refractivity contribution in [1.82, 2.24) is 9.55 Å². The highest BCUT2D eigenvalue weighted by molar-refractivity contribution is 7.17. The molecule has 2 aromatic carbocycles. The third kappa shape index (κ3) is 4.03. The van der Waals surface area contributed by atoms with Gasteiger partial charge in [-0.25, -0.2) is 4.98 Å². The van der Waals surface area contributed by atoms with Crippen molar-refractivity contribution in [1.29, 1.82) is 0 Å². The van der Waals surface area contributed by atoms with Crippen molar-refractivity contribution in [3.8, 4) is 11.1 Å². The Labute approximate surface area is 185 Å². The number of anilines is 1. The number of aryl methyl sites for hydroxylation is 1. The zero-order valence-electron chi connectivity index (χ0n) is 18.0. The summed E-state index contributed by atoms with van der Waals surface area (Å²) in [4.78, 5) is 31.4. The first-order valence-electron chi connectivity index (χ1n) is 10.3. The quantitative estimate of drug-likeness (QED) is 0.437. The van der Waals surface area contributed by atoms with Crippen molar-refractivity contribution < 1.29 is 4.79 Å². The van der Waals surface area contributed by atoms with Gasteiger partial charge < -0.3 is 5.32 Å². The molecule has 0 aliphatic rings. The molecule has 0 bridgehead atoms. The van der Waals surface area contributed by atoms with Crippen LogP contribution in [0.3, 0.4) is 0 Å². The number of carbonyl (C=O) groups is 1. The molecular formula is C25H25N3O2S. The van der Waals surface area contributed by atoms with E-state index in [-0.39, 0.29) is 11.5 Å². The van der Waals surface area contributed by atoms with Crippen LogP contribution in [0.5, 0.6) is 0 Å². The van der Waals surface area contributed by atoms with Crippen molar-refractivity contribution >= 4 is 33.1 Å². The number of rotatable bonds is 5. The first kappa shape index (κ1) is 21.0. The van der Waals surface area contributed by atoms with E-state index < -0.39 is 6.04 Å². The number of aromatic nitrogens is 2. The minimum absolute atomic E-state index is 0.207. The molecule has 1 amide bonds. The van der Waals surface area contributed by atoms with Gasteiger partial charge in [0.25, 0.3) is 5.56 Å². The van der Waals surface area contributed by atoms with Gasteiger partial charge in [-0.2, -0.15) is 0 Å². The van der Waals surface area contributed by atoms with Crippen LogP contribution in [0.25, 0.3) is 21.3 Å². The lowest BCUT2D eigenvalue weighted by Gasteiger charge is -2.16. The standard InChI is InChI=1S/C25H25N3O2S/c1-15(2)18-9-11-19(12-10-18)20-13-31-24-22(20)25(30)28(14-26-24)17(4)23(29)27-21-8-6-5-7-16(21)3/h5-15,17H,1-4H3,(H,27,29). The number of fused-ring (bicyclic) bond motifs is 1. The van der Waals surface area contributed by atoms with Crippen molar-refractivity contribution in [2.45, 2.75) is 39.7 Å². The fraction of sp³-hybridized carbons (Fsp3) is 0.240. The first-order chi connectivity index (χ1) is 14.9. The van der Waals surface area contributed by atoms with Crippen LogP contribution in [0.2, 0.25) is 0 Å². The highest BCUT2D eigenvalue weighted by Crippen LogP contribution is 2.31. The molecule has 0 saturated carbocycles. The van der Waals surface area contributed by atoms with Crippen molar-refractivity contribution in [3.63, 3.8) is 0 Å². The SMILES string of the molecule is Cc1ccccc1NC(=O)C(C)n1cnc2scc(-c3ccc(C(C)C)cc3)c2c1=O. The monoisotopic (exact) mass is 431 g/mol. The molecule has 2 heterocycles. The van der Waals surface area contributed by atoms with Gasteiger partial charge in [0.2, 0.25) is 5.91 Å². The number of para-hydroxylation sites is 1. The van der Waals surface area contributed by atoms with Crippen molar-refractivity contribution in [3.05, 3.63) is 81.7 Å².